The van der Waals surface area contributed by atoms with Gasteiger partial charge in [0.15, 0.2) is 0 Å². The van der Waals surface area contributed by atoms with Crippen LogP contribution < -0.4 is 10.6 Å². The molecule has 0 atom stereocenters. The van der Waals surface area contributed by atoms with Crippen molar-refractivity contribution in [1.29, 1.82) is 0 Å². The van der Waals surface area contributed by atoms with E-state index >= 15 is 0 Å². The second-order valence-electron chi connectivity index (χ2n) is 5.62. The number of aryl methyl sites for hydroxylation is 2. The Labute approximate surface area is 146 Å². The maximum atomic E-state index is 12.2. The highest BCUT2D eigenvalue weighted by Crippen LogP contribution is 2.15. The van der Waals surface area contributed by atoms with Crippen molar-refractivity contribution >= 4 is 23.5 Å². The Bertz CT molecular complexity index is 741. The normalized spacial score (nSPS) is 10.2. The lowest BCUT2D eigenvalue weighted by Crippen LogP contribution is -2.25. The Morgan fingerprint density at radius 3 is 2.52 bits per heavy atom. The topological polar surface area (TPSA) is 93.2 Å². The number of esters is 1. The number of amides is 1. The highest BCUT2D eigenvalue weighted by atomic mass is 16.5. The molecular formula is C18H22N4O3. The van der Waals surface area contributed by atoms with E-state index in [1.165, 1.54) is 7.11 Å². The summed E-state index contributed by atoms with van der Waals surface area (Å²) in [6, 6.07) is 8.98. The number of carbonyl (C=O) groups excluding carboxylic acids is 2. The summed E-state index contributed by atoms with van der Waals surface area (Å²) in [6.45, 7) is 4.21. The molecule has 7 heteroatoms. The predicted molar refractivity (Wildman–Crippen MR) is 94.8 cm³/mol. The van der Waals surface area contributed by atoms with Crippen molar-refractivity contribution < 1.29 is 14.3 Å². The van der Waals surface area contributed by atoms with Gasteiger partial charge < -0.3 is 15.4 Å². The summed E-state index contributed by atoms with van der Waals surface area (Å²) in [5.74, 6) is 0.0110. The van der Waals surface area contributed by atoms with E-state index in [1.54, 1.807) is 18.2 Å². The van der Waals surface area contributed by atoms with Gasteiger partial charge in [-0.15, -0.1) is 0 Å². The van der Waals surface area contributed by atoms with Gasteiger partial charge in [-0.1, -0.05) is 6.07 Å². The maximum absolute atomic E-state index is 12.2. The summed E-state index contributed by atoms with van der Waals surface area (Å²) < 4.78 is 4.56. The van der Waals surface area contributed by atoms with Crippen molar-refractivity contribution in [2.45, 2.75) is 26.7 Å². The lowest BCUT2D eigenvalue weighted by atomic mass is 10.2. The van der Waals surface area contributed by atoms with E-state index in [1.807, 2.05) is 26.0 Å². The molecule has 0 radical (unpaired) electrons. The van der Waals surface area contributed by atoms with E-state index in [2.05, 4.69) is 25.3 Å². The molecule has 2 N–H and O–H groups in total. The number of nitrogens with one attached hydrogen (secondary N) is 2. The van der Waals surface area contributed by atoms with Gasteiger partial charge in [0, 0.05) is 35.6 Å². The summed E-state index contributed by atoms with van der Waals surface area (Å²) in [4.78, 5) is 31.9. The lowest BCUT2D eigenvalue weighted by molar-refractivity contribution is -0.140. The maximum Gasteiger partial charge on any atom is 0.305 e. The Morgan fingerprint density at radius 2 is 1.84 bits per heavy atom. The van der Waals surface area contributed by atoms with Crippen molar-refractivity contribution in [3.63, 3.8) is 0 Å². The molecule has 25 heavy (non-hydrogen) atoms. The van der Waals surface area contributed by atoms with Crippen molar-refractivity contribution in [1.82, 2.24) is 15.3 Å². The first-order valence-electron chi connectivity index (χ1n) is 8.02. The number of hydrogen-bond acceptors (Lipinski definition) is 6. The first-order chi connectivity index (χ1) is 12.0. The highest BCUT2D eigenvalue weighted by molar-refractivity contribution is 5.95. The van der Waals surface area contributed by atoms with Crippen LogP contribution in [0.2, 0.25) is 0 Å². The summed E-state index contributed by atoms with van der Waals surface area (Å²) in [5, 5.41) is 5.89. The molecule has 0 bridgehead atoms. The van der Waals surface area contributed by atoms with Gasteiger partial charge in [0.25, 0.3) is 5.91 Å². The van der Waals surface area contributed by atoms with Crippen LogP contribution in [0.1, 0.15) is 34.6 Å². The van der Waals surface area contributed by atoms with Crippen LogP contribution in [0.15, 0.2) is 30.3 Å². The summed E-state index contributed by atoms with van der Waals surface area (Å²) in [7, 11) is 1.35. The van der Waals surface area contributed by atoms with Crippen LogP contribution in [0.3, 0.4) is 0 Å². The van der Waals surface area contributed by atoms with Gasteiger partial charge in [-0.25, -0.2) is 9.97 Å². The van der Waals surface area contributed by atoms with Gasteiger partial charge in [0.05, 0.1) is 7.11 Å². The number of methoxy groups -OCH3 is 1. The molecule has 1 aromatic heterocycles. The summed E-state index contributed by atoms with van der Waals surface area (Å²) >= 11 is 0. The molecule has 1 heterocycles. The quantitative estimate of drug-likeness (QED) is 0.593. The Hall–Kier alpha value is -2.96. The Kier molecular flexibility index (Phi) is 6.45. The standard InChI is InChI=1S/C18H22N4O3/c1-12-10-13(2)21-18(20-12)22-15-7-4-6-14(11-15)17(24)19-9-5-8-16(23)25-3/h4,6-7,10-11H,5,8-9H2,1-3H3,(H,19,24)(H,20,21,22). The molecule has 0 aliphatic rings. The number of ether oxygens (including phenoxy) is 1. The molecule has 0 saturated carbocycles. The average molecular weight is 342 g/mol. The number of nitrogens with zero attached hydrogens (tertiary/aromatic N) is 2. The van der Waals surface area contributed by atoms with E-state index < -0.39 is 0 Å². The SMILES string of the molecule is COC(=O)CCCNC(=O)c1cccc(Nc2nc(C)cc(C)n2)c1. The number of hydrogen-bond donors (Lipinski definition) is 2. The number of anilines is 2. The van der Waals surface area contributed by atoms with Gasteiger partial charge in [-0.3, -0.25) is 9.59 Å². The number of rotatable bonds is 7. The minimum atomic E-state index is -0.283. The summed E-state index contributed by atoms with van der Waals surface area (Å²) in [5.41, 5.74) is 2.99. The molecule has 0 aliphatic carbocycles. The average Bonchev–Trinajstić information content (AvgIpc) is 2.57. The predicted octanol–water partition coefficient (Wildman–Crippen LogP) is 2.52. The van der Waals surface area contributed by atoms with Crippen molar-refractivity contribution in [2.24, 2.45) is 0 Å². The minimum Gasteiger partial charge on any atom is -0.469 e. The zero-order valence-corrected chi connectivity index (χ0v) is 14.6. The van der Waals surface area contributed by atoms with Gasteiger partial charge in [0.1, 0.15) is 0 Å². The van der Waals surface area contributed by atoms with Crippen LogP contribution in [0.25, 0.3) is 0 Å². The second-order valence-corrected chi connectivity index (χ2v) is 5.62. The number of benzene rings is 1. The molecule has 0 saturated heterocycles. The first kappa shape index (κ1) is 18.4. The van der Waals surface area contributed by atoms with Crippen LogP contribution in [-0.4, -0.2) is 35.5 Å². The second kappa shape index (κ2) is 8.77. The van der Waals surface area contributed by atoms with Crippen LogP contribution in [-0.2, 0) is 9.53 Å². The van der Waals surface area contributed by atoms with E-state index in [4.69, 9.17) is 0 Å². The molecule has 2 aromatic rings. The fourth-order valence-electron chi connectivity index (χ4n) is 2.29. The van der Waals surface area contributed by atoms with E-state index in [0.29, 0.717) is 24.5 Å². The molecule has 7 nitrogen and oxygen atoms in total. The zero-order chi connectivity index (χ0) is 18.2. The Balaban J connectivity index is 1.95. The number of carbonyl (C=O) groups is 2. The third kappa shape index (κ3) is 5.87. The molecule has 0 aliphatic heterocycles. The van der Waals surface area contributed by atoms with E-state index in [0.717, 1.165) is 17.1 Å². The van der Waals surface area contributed by atoms with Crippen molar-refractivity contribution in [2.75, 3.05) is 19.0 Å². The highest BCUT2D eigenvalue weighted by Gasteiger charge is 2.08. The fraction of sp³-hybridized carbons (Fsp3) is 0.333. The van der Waals surface area contributed by atoms with Crippen LogP contribution in [0, 0.1) is 13.8 Å². The van der Waals surface area contributed by atoms with E-state index in [9.17, 15) is 9.59 Å². The minimum absolute atomic E-state index is 0.199. The number of aromatic nitrogens is 2. The first-order valence-corrected chi connectivity index (χ1v) is 8.02. The molecule has 2 rings (SSSR count). The monoisotopic (exact) mass is 342 g/mol. The summed E-state index contributed by atoms with van der Waals surface area (Å²) in [6.07, 6.45) is 0.815. The lowest BCUT2D eigenvalue weighted by Gasteiger charge is -2.09. The molecule has 0 unspecified atom stereocenters. The van der Waals surface area contributed by atoms with Gasteiger partial charge in [0.2, 0.25) is 5.95 Å². The molecular weight excluding hydrogens is 320 g/mol. The molecule has 0 spiro atoms. The van der Waals surface area contributed by atoms with Crippen LogP contribution >= 0.6 is 0 Å². The Morgan fingerprint density at radius 1 is 1.12 bits per heavy atom. The van der Waals surface area contributed by atoms with Gasteiger partial charge in [-0.05, 0) is 44.5 Å². The third-order valence-electron chi connectivity index (χ3n) is 3.43. The van der Waals surface area contributed by atoms with Crippen molar-refractivity contribution in [3.05, 3.63) is 47.3 Å². The van der Waals surface area contributed by atoms with Gasteiger partial charge in [-0.2, -0.15) is 0 Å². The fourth-order valence-corrected chi connectivity index (χ4v) is 2.29. The molecule has 1 amide bonds. The molecule has 132 valence electrons. The van der Waals surface area contributed by atoms with Crippen LogP contribution in [0.4, 0.5) is 11.6 Å². The van der Waals surface area contributed by atoms with Gasteiger partial charge >= 0.3 is 5.97 Å². The largest absolute Gasteiger partial charge is 0.469 e. The van der Waals surface area contributed by atoms with E-state index in [-0.39, 0.29) is 18.3 Å². The van der Waals surface area contributed by atoms with Crippen molar-refractivity contribution in [3.8, 4) is 0 Å². The smallest absolute Gasteiger partial charge is 0.305 e. The van der Waals surface area contributed by atoms with Crippen LogP contribution in [0.5, 0.6) is 0 Å². The molecule has 1 aromatic carbocycles. The zero-order valence-electron chi connectivity index (χ0n) is 14.6. The third-order valence-corrected chi connectivity index (χ3v) is 3.43. The molecule has 0 fully saturated rings.